The number of nitrogens with zero attached hydrogens (tertiary/aromatic N) is 2. The molecule has 1 fully saturated rings. The number of amides is 4. The number of hydrogen-bond acceptors (Lipinski definition) is 5. The zero-order valence-electron chi connectivity index (χ0n) is 18.6. The summed E-state index contributed by atoms with van der Waals surface area (Å²) in [5.41, 5.74) is 1.09. The van der Waals surface area contributed by atoms with Crippen LogP contribution >= 0.6 is 0 Å². The fourth-order valence-electron chi connectivity index (χ4n) is 3.90. The number of anilines is 1. The summed E-state index contributed by atoms with van der Waals surface area (Å²) >= 11 is 0. The van der Waals surface area contributed by atoms with E-state index in [1.165, 1.54) is 0 Å². The highest BCUT2D eigenvalue weighted by Gasteiger charge is 2.34. The first-order chi connectivity index (χ1) is 15.0. The molecular weight excluding hydrogens is 416 g/mol. The van der Waals surface area contributed by atoms with Gasteiger partial charge < -0.3 is 30.3 Å². The van der Waals surface area contributed by atoms with Crippen LogP contribution in [-0.2, 0) is 20.9 Å². The van der Waals surface area contributed by atoms with Gasteiger partial charge >= 0.3 is 18.1 Å². The van der Waals surface area contributed by atoms with Gasteiger partial charge in [0.1, 0.15) is 11.6 Å². The number of aliphatic carboxylic acids is 1. The lowest BCUT2D eigenvalue weighted by molar-refractivity contribution is -0.143. The minimum absolute atomic E-state index is 0.0115. The first-order valence-corrected chi connectivity index (χ1v) is 10.7. The van der Waals surface area contributed by atoms with Crippen LogP contribution in [0.5, 0.6) is 0 Å². The molecule has 1 aromatic carbocycles. The molecule has 0 radical (unpaired) electrons. The molecule has 3 N–H and O–H groups in total. The van der Waals surface area contributed by atoms with E-state index in [1.54, 1.807) is 30.6 Å². The van der Waals surface area contributed by atoms with Gasteiger partial charge in [-0.1, -0.05) is 18.2 Å². The van der Waals surface area contributed by atoms with Crippen molar-refractivity contribution in [2.45, 2.75) is 64.3 Å². The predicted molar refractivity (Wildman–Crippen MR) is 116 cm³/mol. The molecule has 32 heavy (non-hydrogen) atoms. The number of likely N-dealkylation sites (tertiary alicyclic amines) is 1. The van der Waals surface area contributed by atoms with E-state index in [0.717, 1.165) is 11.3 Å². The number of carboxylic acid groups (broad SMARTS) is 1. The van der Waals surface area contributed by atoms with E-state index in [-0.39, 0.29) is 24.4 Å². The van der Waals surface area contributed by atoms with Gasteiger partial charge in [0.15, 0.2) is 0 Å². The number of ether oxygens (including phenoxy) is 1. The second-order valence-electron chi connectivity index (χ2n) is 9.07. The molecule has 0 saturated carbocycles. The summed E-state index contributed by atoms with van der Waals surface area (Å²) in [6.07, 6.45) is -0.0543. The minimum atomic E-state index is -1.38. The lowest BCUT2D eigenvalue weighted by Crippen LogP contribution is -2.52. The molecule has 10 heteroatoms. The van der Waals surface area contributed by atoms with Crippen LogP contribution in [-0.4, -0.2) is 69.7 Å². The number of hydrogen-bond donors (Lipinski definition) is 3. The van der Waals surface area contributed by atoms with Gasteiger partial charge in [0.2, 0.25) is 5.91 Å². The Balaban J connectivity index is 1.53. The van der Waals surface area contributed by atoms with E-state index in [0.29, 0.717) is 32.5 Å². The molecule has 1 saturated heterocycles. The highest BCUT2D eigenvalue weighted by Crippen LogP contribution is 2.27. The van der Waals surface area contributed by atoms with Crippen molar-refractivity contribution in [2.24, 2.45) is 0 Å². The van der Waals surface area contributed by atoms with Crippen LogP contribution in [0.3, 0.4) is 0 Å². The third-order valence-electron chi connectivity index (χ3n) is 5.49. The van der Waals surface area contributed by atoms with Crippen molar-refractivity contribution < 1.29 is 29.0 Å². The minimum Gasteiger partial charge on any atom is -0.480 e. The second-order valence-corrected chi connectivity index (χ2v) is 9.07. The van der Waals surface area contributed by atoms with Crippen LogP contribution in [0.2, 0.25) is 0 Å². The van der Waals surface area contributed by atoms with E-state index in [9.17, 15) is 24.3 Å². The van der Waals surface area contributed by atoms with Crippen molar-refractivity contribution in [1.29, 1.82) is 0 Å². The molecule has 2 heterocycles. The van der Waals surface area contributed by atoms with E-state index in [1.807, 2.05) is 24.3 Å². The maximum atomic E-state index is 12.7. The van der Waals surface area contributed by atoms with Gasteiger partial charge in [-0.2, -0.15) is 0 Å². The molecule has 0 aliphatic carbocycles. The lowest BCUT2D eigenvalue weighted by atomic mass is 10.00. The molecule has 3 rings (SSSR count). The van der Waals surface area contributed by atoms with Crippen LogP contribution in [0, 0.1) is 0 Å². The first kappa shape index (κ1) is 23.4. The number of carboxylic acids is 1. The van der Waals surface area contributed by atoms with E-state index >= 15 is 0 Å². The predicted octanol–water partition coefficient (Wildman–Crippen LogP) is 2.39. The summed E-state index contributed by atoms with van der Waals surface area (Å²) in [5, 5.41) is 14.5. The molecule has 2 aliphatic heterocycles. The fraction of sp³-hybridized carbons (Fsp3) is 0.545. The second kappa shape index (κ2) is 9.46. The highest BCUT2D eigenvalue weighted by molar-refractivity contribution is 5.92. The number of carbonyl (C=O) groups is 4. The van der Waals surface area contributed by atoms with E-state index in [2.05, 4.69) is 10.6 Å². The molecule has 10 nitrogen and oxygen atoms in total. The number of alkyl carbamates (subject to hydrolysis) is 1. The Morgan fingerprint density at radius 1 is 1.22 bits per heavy atom. The first-order valence-electron chi connectivity index (χ1n) is 10.7. The Hall–Kier alpha value is -3.30. The molecule has 1 atom stereocenters. The van der Waals surface area contributed by atoms with Crippen LogP contribution in [0.25, 0.3) is 0 Å². The van der Waals surface area contributed by atoms with Crippen LogP contribution < -0.4 is 10.6 Å². The highest BCUT2D eigenvalue weighted by atomic mass is 16.6. The van der Waals surface area contributed by atoms with E-state index < -0.39 is 23.7 Å². The Kier molecular flexibility index (Phi) is 6.90. The van der Waals surface area contributed by atoms with Crippen LogP contribution in [0.1, 0.15) is 45.6 Å². The number of para-hydroxylation sites is 1. The summed E-state index contributed by atoms with van der Waals surface area (Å²) in [6, 6.07) is 6.11. The normalized spacial score (nSPS) is 17.8. The average molecular weight is 447 g/mol. The van der Waals surface area contributed by atoms with Crippen molar-refractivity contribution in [3.63, 3.8) is 0 Å². The summed E-state index contributed by atoms with van der Waals surface area (Å²) in [4.78, 5) is 52.0. The largest absolute Gasteiger partial charge is 0.480 e. The smallest absolute Gasteiger partial charge is 0.408 e. The van der Waals surface area contributed by atoms with Crippen molar-refractivity contribution in [3.8, 4) is 0 Å². The maximum Gasteiger partial charge on any atom is 0.408 e. The average Bonchev–Trinajstić information content (AvgIpc) is 2.71. The van der Waals surface area contributed by atoms with Gasteiger partial charge in [-0.3, -0.25) is 4.79 Å². The lowest BCUT2D eigenvalue weighted by Gasteiger charge is -2.40. The molecule has 0 aromatic heterocycles. The summed E-state index contributed by atoms with van der Waals surface area (Å²) < 4.78 is 5.08. The molecule has 1 aromatic rings. The van der Waals surface area contributed by atoms with Crippen molar-refractivity contribution in [1.82, 2.24) is 15.1 Å². The Morgan fingerprint density at radius 3 is 2.50 bits per heavy atom. The van der Waals surface area contributed by atoms with Gasteiger partial charge in [-0.05, 0) is 45.2 Å². The third-order valence-corrected chi connectivity index (χ3v) is 5.49. The molecular formula is C22H30N4O6. The van der Waals surface area contributed by atoms with Crippen LogP contribution in [0.15, 0.2) is 24.3 Å². The number of benzene rings is 1. The van der Waals surface area contributed by atoms with Crippen LogP contribution in [0.4, 0.5) is 15.3 Å². The van der Waals surface area contributed by atoms with Gasteiger partial charge in [-0.25, -0.2) is 14.4 Å². The number of carbonyl (C=O) groups excluding carboxylic acids is 3. The molecule has 4 amide bonds. The number of urea groups is 1. The van der Waals surface area contributed by atoms with Gasteiger partial charge in [-0.15, -0.1) is 0 Å². The summed E-state index contributed by atoms with van der Waals surface area (Å²) in [7, 11) is 0. The van der Waals surface area contributed by atoms with Gasteiger partial charge in [0.25, 0.3) is 0 Å². The molecule has 1 unspecified atom stereocenters. The Labute approximate surface area is 186 Å². The topological polar surface area (TPSA) is 128 Å². The monoisotopic (exact) mass is 446 g/mol. The standard InChI is InChI=1S/C22H30N4O6/c1-22(2,3)32-21(31)24-17(19(28)29)12-18(27)25-10-8-15(9-11-25)26-13-14-6-4-5-7-16(14)23-20(26)30/h4-7,15,17H,8-13H2,1-3H3,(H,23,30)(H,24,31)(H,28,29). The number of piperidine rings is 1. The fourth-order valence-corrected chi connectivity index (χ4v) is 3.90. The number of rotatable bonds is 5. The van der Waals surface area contributed by atoms with E-state index in [4.69, 9.17) is 4.74 Å². The molecule has 174 valence electrons. The van der Waals surface area contributed by atoms with Crippen molar-refractivity contribution in [3.05, 3.63) is 29.8 Å². The molecule has 0 spiro atoms. The number of fused-ring (bicyclic) bond motifs is 1. The quantitative estimate of drug-likeness (QED) is 0.637. The molecule has 0 bridgehead atoms. The van der Waals surface area contributed by atoms with Gasteiger partial charge in [0.05, 0.1) is 6.42 Å². The van der Waals surface area contributed by atoms with Crippen molar-refractivity contribution >= 4 is 29.7 Å². The zero-order chi connectivity index (χ0) is 23.5. The van der Waals surface area contributed by atoms with Gasteiger partial charge in [0, 0.05) is 31.4 Å². The molecule has 2 aliphatic rings. The third kappa shape index (κ3) is 5.89. The Bertz CT molecular complexity index is 889. The summed E-state index contributed by atoms with van der Waals surface area (Å²) in [5.74, 6) is -1.66. The SMILES string of the molecule is CC(C)(C)OC(=O)NC(CC(=O)N1CCC(N2Cc3ccccc3NC2=O)CC1)C(=O)O. The Morgan fingerprint density at radius 2 is 1.88 bits per heavy atom. The zero-order valence-corrected chi connectivity index (χ0v) is 18.6. The maximum absolute atomic E-state index is 12.7. The number of nitrogens with one attached hydrogen (secondary N) is 2. The van der Waals surface area contributed by atoms with Crippen molar-refractivity contribution in [2.75, 3.05) is 18.4 Å². The summed E-state index contributed by atoms with van der Waals surface area (Å²) in [6.45, 7) is 6.33.